The van der Waals surface area contributed by atoms with E-state index in [1.54, 1.807) is 32.4 Å². The van der Waals surface area contributed by atoms with Crippen molar-refractivity contribution >= 4 is 15.9 Å². The van der Waals surface area contributed by atoms with Gasteiger partial charge in [-0.3, -0.25) is 4.79 Å². The normalized spacial score (nSPS) is 15.2. The molecule has 1 aliphatic rings. The molecule has 32 heavy (non-hydrogen) atoms. The summed E-state index contributed by atoms with van der Waals surface area (Å²) < 4.78 is 43.5. The van der Waals surface area contributed by atoms with E-state index < -0.39 is 10.0 Å². The van der Waals surface area contributed by atoms with Crippen molar-refractivity contribution in [2.45, 2.75) is 31.2 Å². The van der Waals surface area contributed by atoms with Crippen LogP contribution < -0.4 is 19.5 Å². The summed E-state index contributed by atoms with van der Waals surface area (Å²) >= 11 is 0. The van der Waals surface area contributed by atoms with Crippen molar-refractivity contribution in [1.29, 1.82) is 0 Å². The molecule has 1 saturated heterocycles. The van der Waals surface area contributed by atoms with Gasteiger partial charge in [-0.2, -0.15) is 4.31 Å². The van der Waals surface area contributed by atoms with Gasteiger partial charge in [0.15, 0.2) is 11.5 Å². The van der Waals surface area contributed by atoms with E-state index in [-0.39, 0.29) is 29.8 Å². The summed E-state index contributed by atoms with van der Waals surface area (Å²) in [4.78, 5) is 12.8. The van der Waals surface area contributed by atoms with E-state index in [9.17, 15) is 13.2 Å². The largest absolute Gasteiger partial charge is 0.495 e. The molecule has 0 spiro atoms. The third-order valence-electron chi connectivity index (χ3n) is 5.68. The van der Waals surface area contributed by atoms with Gasteiger partial charge in [-0.05, 0) is 55.2 Å². The number of sulfonamides is 1. The van der Waals surface area contributed by atoms with E-state index in [1.165, 1.54) is 11.4 Å². The van der Waals surface area contributed by atoms with Gasteiger partial charge >= 0.3 is 0 Å². The number of carbonyl (C=O) groups is 1. The summed E-state index contributed by atoms with van der Waals surface area (Å²) in [5.41, 5.74) is 1.73. The quantitative estimate of drug-likeness (QED) is 0.648. The number of aryl methyl sites for hydroxylation is 1. The molecule has 1 fully saturated rings. The SMILES string of the molecule is COc1ccc(CNC(=O)C2CCN(S(=O)(=O)c3cc(C)ccc3OC)CC2)cc1OC. The van der Waals surface area contributed by atoms with Crippen LogP contribution in [0, 0.1) is 12.8 Å². The molecule has 0 aliphatic carbocycles. The van der Waals surface area contributed by atoms with Crippen LogP contribution in [-0.2, 0) is 21.4 Å². The Labute approximate surface area is 189 Å². The van der Waals surface area contributed by atoms with E-state index in [0.29, 0.717) is 36.6 Å². The number of nitrogens with zero attached hydrogens (tertiary/aromatic N) is 1. The van der Waals surface area contributed by atoms with Crippen molar-refractivity contribution in [3.8, 4) is 17.2 Å². The maximum absolute atomic E-state index is 13.1. The molecule has 3 rings (SSSR count). The minimum atomic E-state index is -3.70. The van der Waals surface area contributed by atoms with Crippen LogP contribution in [0.3, 0.4) is 0 Å². The Morgan fingerprint density at radius 2 is 1.59 bits per heavy atom. The fourth-order valence-electron chi connectivity index (χ4n) is 3.81. The number of amides is 1. The van der Waals surface area contributed by atoms with Crippen LogP contribution in [0.5, 0.6) is 17.2 Å². The first kappa shape index (κ1) is 23.9. The van der Waals surface area contributed by atoms with E-state index in [4.69, 9.17) is 14.2 Å². The smallest absolute Gasteiger partial charge is 0.246 e. The van der Waals surface area contributed by atoms with Gasteiger partial charge in [0.25, 0.3) is 0 Å². The van der Waals surface area contributed by atoms with Crippen LogP contribution in [0.4, 0.5) is 0 Å². The molecule has 0 bridgehead atoms. The number of benzene rings is 2. The topological polar surface area (TPSA) is 94.2 Å². The highest BCUT2D eigenvalue weighted by atomic mass is 32.2. The zero-order chi connectivity index (χ0) is 23.3. The zero-order valence-corrected chi connectivity index (χ0v) is 19.7. The molecule has 174 valence electrons. The Bertz CT molecular complexity index is 1060. The van der Waals surface area contributed by atoms with Gasteiger partial charge in [0, 0.05) is 25.6 Å². The fourth-order valence-corrected chi connectivity index (χ4v) is 5.52. The molecule has 8 nitrogen and oxygen atoms in total. The number of carbonyl (C=O) groups excluding carboxylic acids is 1. The second kappa shape index (κ2) is 10.2. The molecule has 1 amide bonds. The molecule has 0 unspecified atom stereocenters. The summed E-state index contributed by atoms with van der Waals surface area (Å²) in [6.07, 6.45) is 0.927. The van der Waals surface area contributed by atoms with Crippen LogP contribution in [-0.4, -0.2) is 53.0 Å². The highest BCUT2D eigenvalue weighted by molar-refractivity contribution is 7.89. The zero-order valence-electron chi connectivity index (χ0n) is 18.9. The van der Waals surface area contributed by atoms with Crippen molar-refractivity contribution in [1.82, 2.24) is 9.62 Å². The average molecular weight is 463 g/mol. The van der Waals surface area contributed by atoms with Gasteiger partial charge < -0.3 is 19.5 Å². The van der Waals surface area contributed by atoms with E-state index in [2.05, 4.69) is 5.32 Å². The molecule has 0 saturated carbocycles. The second-order valence-electron chi connectivity index (χ2n) is 7.74. The van der Waals surface area contributed by atoms with Gasteiger partial charge in [0.2, 0.25) is 15.9 Å². The molecule has 0 radical (unpaired) electrons. The number of ether oxygens (including phenoxy) is 3. The van der Waals surface area contributed by atoms with Crippen LogP contribution in [0.15, 0.2) is 41.3 Å². The van der Waals surface area contributed by atoms with E-state index in [0.717, 1.165) is 11.1 Å². The monoisotopic (exact) mass is 462 g/mol. The van der Waals surface area contributed by atoms with Crippen LogP contribution in [0.2, 0.25) is 0 Å². The lowest BCUT2D eigenvalue weighted by molar-refractivity contribution is -0.126. The number of hydrogen-bond acceptors (Lipinski definition) is 6. The lowest BCUT2D eigenvalue weighted by Crippen LogP contribution is -2.42. The fraction of sp³-hybridized carbons (Fsp3) is 0.435. The highest BCUT2D eigenvalue weighted by Crippen LogP contribution is 2.31. The second-order valence-corrected chi connectivity index (χ2v) is 9.65. The first-order valence-electron chi connectivity index (χ1n) is 10.4. The number of methoxy groups -OCH3 is 3. The van der Waals surface area contributed by atoms with Gasteiger partial charge in [-0.15, -0.1) is 0 Å². The van der Waals surface area contributed by atoms with Gasteiger partial charge in [-0.25, -0.2) is 8.42 Å². The van der Waals surface area contributed by atoms with Crippen molar-refractivity contribution in [2.24, 2.45) is 5.92 Å². The maximum Gasteiger partial charge on any atom is 0.246 e. The van der Waals surface area contributed by atoms with Crippen molar-refractivity contribution < 1.29 is 27.4 Å². The van der Waals surface area contributed by atoms with Gasteiger partial charge in [0.1, 0.15) is 10.6 Å². The average Bonchev–Trinajstić information content (AvgIpc) is 2.82. The van der Waals surface area contributed by atoms with Crippen LogP contribution in [0.1, 0.15) is 24.0 Å². The Morgan fingerprint density at radius 1 is 0.969 bits per heavy atom. The molecular formula is C23H30N2O6S. The molecular weight excluding hydrogens is 432 g/mol. The minimum Gasteiger partial charge on any atom is -0.495 e. The third-order valence-corrected chi connectivity index (χ3v) is 7.60. The summed E-state index contributed by atoms with van der Waals surface area (Å²) in [6.45, 7) is 2.77. The van der Waals surface area contributed by atoms with Crippen molar-refractivity contribution in [2.75, 3.05) is 34.4 Å². The standard InChI is InChI=1S/C23H30N2O6S/c1-16-5-7-20(30-3)22(13-16)32(27,28)25-11-9-18(10-12-25)23(26)24-15-17-6-8-19(29-2)21(14-17)31-4/h5-8,13-14,18H,9-12,15H2,1-4H3,(H,24,26). The number of piperidine rings is 1. The van der Waals surface area contributed by atoms with Gasteiger partial charge in [-0.1, -0.05) is 12.1 Å². The summed E-state index contributed by atoms with van der Waals surface area (Å²) in [7, 11) is 0.896. The minimum absolute atomic E-state index is 0.0787. The Morgan fingerprint density at radius 3 is 2.22 bits per heavy atom. The Hall–Kier alpha value is -2.78. The Balaban J connectivity index is 1.60. The molecule has 2 aromatic rings. The number of nitrogens with one attached hydrogen (secondary N) is 1. The lowest BCUT2D eigenvalue weighted by atomic mass is 9.97. The van der Waals surface area contributed by atoms with Gasteiger partial charge in [0.05, 0.1) is 21.3 Å². The number of rotatable bonds is 8. The highest BCUT2D eigenvalue weighted by Gasteiger charge is 2.33. The predicted molar refractivity (Wildman–Crippen MR) is 121 cm³/mol. The molecule has 9 heteroatoms. The van der Waals surface area contributed by atoms with Crippen LogP contribution >= 0.6 is 0 Å². The molecule has 1 heterocycles. The molecule has 1 aliphatic heterocycles. The number of hydrogen-bond donors (Lipinski definition) is 1. The van der Waals surface area contributed by atoms with E-state index in [1.807, 2.05) is 25.1 Å². The third kappa shape index (κ3) is 5.16. The maximum atomic E-state index is 13.1. The molecule has 0 atom stereocenters. The summed E-state index contributed by atoms with van der Waals surface area (Å²) in [6, 6.07) is 10.6. The van der Waals surface area contributed by atoms with Crippen molar-refractivity contribution in [3.63, 3.8) is 0 Å². The lowest BCUT2D eigenvalue weighted by Gasteiger charge is -2.31. The summed E-state index contributed by atoms with van der Waals surface area (Å²) in [5.74, 6) is 1.24. The summed E-state index contributed by atoms with van der Waals surface area (Å²) in [5, 5.41) is 2.95. The van der Waals surface area contributed by atoms with Crippen molar-refractivity contribution in [3.05, 3.63) is 47.5 Å². The first-order valence-corrected chi connectivity index (χ1v) is 11.9. The van der Waals surface area contributed by atoms with E-state index >= 15 is 0 Å². The first-order chi connectivity index (χ1) is 15.3. The molecule has 1 N–H and O–H groups in total. The predicted octanol–water partition coefficient (Wildman–Crippen LogP) is 2.74. The molecule has 0 aromatic heterocycles. The van der Waals surface area contributed by atoms with Crippen LogP contribution in [0.25, 0.3) is 0 Å². The molecule has 2 aromatic carbocycles. The Kier molecular flexibility index (Phi) is 7.63.